The number of nitrogens with one attached hydrogen (secondary N) is 3. The van der Waals surface area contributed by atoms with E-state index in [1.165, 1.54) is 25.7 Å². The number of carbonyl (C=O) groups is 1. The van der Waals surface area contributed by atoms with E-state index >= 15 is 0 Å². The van der Waals surface area contributed by atoms with Gasteiger partial charge in [-0.25, -0.2) is 4.79 Å². The Hall–Kier alpha value is -0.770. The lowest BCUT2D eigenvalue weighted by Gasteiger charge is -2.33. The third-order valence-corrected chi connectivity index (χ3v) is 4.08. The molecule has 0 spiro atoms. The van der Waals surface area contributed by atoms with E-state index in [0.717, 1.165) is 13.0 Å². The SMILES string of the molecule is CCCCC(CC)C(NC)C(CC)CNC(=O)NC. The summed E-state index contributed by atoms with van der Waals surface area (Å²) >= 11 is 0. The van der Waals surface area contributed by atoms with Crippen molar-refractivity contribution < 1.29 is 4.79 Å². The van der Waals surface area contributed by atoms with Gasteiger partial charge in [-0.3, -0.25) is 0 Å². The molecule has 0 rings (SSSR count). The summed E-state index contributed by atoms with van der Waals surface area (Å²) in [4.78, 5) is 11.3. The molecule has 0 aromatic carbocycles. The maximum absolute atomic E-state index is 11.3. The molecule has 4 nitrogen and oxygen atoms in total. The van der Waals surface area contributed by atoms with E-state index in [1.54, 1.807) is 7.05 Å². The van der Waals surface area contributed by atoms with E-state index in [-0.39, 0.29) is 6.03 Å². The Morgan fingerprint density at radius 3 is 2.11 bits per heavy atom. The Kier molecular flexibility index (Phi) is 10.6. The number of urea groups is 1. The Morgan fingerprint density at radius 2 is 1.68 bits per heavy atom. The minimum Gasteiger partial charge on any atom is -0.341 e. The van der Waals surface area contributed by atoms with E-state index < -0.39 is 0 Å². The van der Waals surface area contributed by atoms with Crippen LogP contribution in [-0.4, -0.2) is 32.7 Å². The molecule has 0 aliphatic rings. The molecule has 0 aliphatic heterocycles. The van der Waals surface area contributed by atoms with Gasteiger partial charge in [0.25, 0.3) is 0 Å². The van der Waals surface area contributed by atoms with Gasteiger partial charge in [0.05, 0.1) is 0 Å². The largest absolute Gasteiger partial charge is 0.341 e. The van der Waals surface area contributed by atoms with Gasteiger partial charge in [-0.05, 0) is 25.3 Å². The van der Waals surface area contributed by atoms with Crippen molar-refractivity contribution in [1.29, 1.82) is 0 Å². The van der Waals surface area contributed by atoms with Crippen molar-refractivity contribution >= 4 is 6.03 Å². The Morgan fingerprint density at radius 1 is 1.05 bits per heavy atom. The molecule has 0 aromatic heterocycles. The van der Waals surface area contributed by atoms with E-state index in [1.807, 2.05) is 7.05 Å². The highest BCUT2D eigenvalue weighted by molar-refractivity contribution is 5.73. The summed E-state index contributed by atoms with van der Waals surface area (Å²) in [6, 6.07) is 0.397. The van der Waals surface area contributed by atoms with Gasteiger partial charge in [0.15, 0.2) is 0 Å². The highest BCUT2D eigenvalue weighted by Gasteiger charge is 2.25. The molecule has 2 amide bonds. The molecule has 0 aromatic rings. The summed E-state index contributed by atoms with van der Waals surface area (Å²) in [5, 5.41) is 9.03. The molecule has 0 bridgehead atoms. The molecule has 114 valence electrons. The monoisotopic (exact) mass is 271 g/mol. The molecule has 0 saturated heterocycles. The third kappa shape index (κ3) is 6.81. The Bertz CT molecular complexity index is 233. The van der Waals surface area contributed by atoms with Crippen LogP contribution in [0.25, 0.3) is 0 Å². The van der Waals surface area contributed by atoms with E-state index in [9.17, 15) is 4.79 Å². The van der Waals surface area contributed by atoms with Crippen LogP contribution < -0.4 is 16.0 Å². The Balaban J connectivity index is 4.51. The predicted molar refractivity (Wildman–Crippen MR) is 82.4 cm³/mol. The first kappa shape index (κ1) is 18.2. The van der Waals surface area contributed by atoms with Crippen molar-refractivity contribution in [3.05, 3.63) is 0 Å². The van der Waals surface area contributed by atoms with Crippen LogP contribution in [0.3, 0.4) is 0 Å². The molecule has 0 aliphatic carbocycles. The smallest absolute Gasteiger partial charge is 0.314 e. The zero-order valence-electron chi connectivity index (χ0n) is 13.4. The topological polar surface area (TPSA) is 53.2 Å². The number of amides is 2. The zero-order chi connectivity index (χ0) is 14.7. The number of rotatable bonds is 10. The van der Waals surface area contributed by atoms with Crippen LogP contribution in [0.15, 0.2) is 0 Å². The van der Waals surface area contributed by atoms with Crippen LogP contribution in [0, 0.1) is 11.8 Å². The fourth-order valence-corrected chi connectivity index (χ4v) is 2.80. The van der Waals surface area contributed by atoms with Gasteiger partial charge in [-0.1, -0.05) is 46.5 Å². The van der Waals surface area contributed by atoms with Crippen molar-refractivity contribution in [1.82, 2.24) is 16.0 Å². The predicted octanol–water partition coefficient (Wildman–Crippen LogP) is 2.75. The lowest BCUT2D eigenvalue weighted by molar-refractivity contribution is 0.221. The van der Waals surface area contributed by atoms with Gasteiger partial charge in [0.1, 0.15) is 0 Å². The van der Waals surface area contributed by atoms with Gasteiger partial charge in [0, 0.05) is 19.6 Å². The number of hydrogen-bond acceptors (Lipinski definition) is 2. The van der Waals surface area contributed by atoms with Crippen molar-refractivity contribution in [2.45, 2.75) is 58.9 Å². The Labute approximate surface area is 119 Å². The van der Waals surface area contributed by atoms with E-state index in [0.29, 0.717) is 17.9 Å². The number of unbranched alkanes of at least 4 members (excludes halogenated alkanes) is 1. The van der Waals surface area contributed by atoms with Crippen molar-refractivity contribution in [2.24, 2.45) is 11.8 Å². The quantitative estimate of drug-likeness (QED) is 0.572. The maximum Gasteiger partial charge on any atom is 0.314 e. The standard InChI is InChI=1S/C15H33N3O/c1-6-9-10-12(7-2)14(16-4)13(8-3)11-18-15(19)17-5/h12-14,16H,6-11H2,1-5H3,(H2,17,18,19). The molecular formula is C15H33N3O. The van der Waals surface area contributed by atoms with Gasteiger partial charge in [-0.2, -0.15) is 0 Å². The van der Waals surface area contributed by atoms with Crippen molar-refractivity contribution in [3.63, 3.8) is 0 Å². The summed E-state index contributed by atoms with van der Waals surface area (Å²) in [5.41, 5.74) is 0. The fourth-order valence-electron chi connectivity index (χ4n) is 2.80. The molecule has 0 heterocycles. The van der Waals surface area contributed by atoms with Crippen LogP contribution in [0.5, 0.6) is 0 Å². The number of carbonyl (C=O) groups excluding carboxylic acids is 1. The second-order valence-electron chi connectivity index (χ2n) is 5.25. The summed E-state index contributed by atoms with van der Waals surface area (Å²) < 4.78 is 0. The van der Waals surface area contributed by atoms with Crippen LogP contribution >= 0.6 is 0 Å². The minimum atomic E-state index is -0.0880. The normalized spacial score (nSPS) is 15.6. The van der Waals surface area contributed by atoms with E-state index in [2.05, 4.69) is 36.7 Å². The van der Waals surface area contributed by atoms with Crippen LogP contribution in [-0.2, 0) is 0 Å². The van der Waals surface area contributed by atoms with Gasteiger partial charge >= 0.3 is 6.03 Å². The third-order valence-electron chi connectivity index (χ3n) is 4.08. The molecule has 19 heavy (non-hydrogen) atoms. The van der Waals surface area contributed by atoms with Gasteiger partial charge < -0.3 is 16.0 Å². The summed E-state index contributed by atoms with van der Waals surface area (Å²) in [6.07, 6.45) is 6.09. The summed E-state index contributed by atoms with van der Waals surface area (Å²) in [5.74, 6) is 1.19. The van der Waals surface area contributed by atoms with Crippen molar-refractivity contribution in [2.75, 3.05) is 20.6 Å². The average Bonchev–Trinajstić information content (AvgIpc) is 2.45. The lowest BCUT2D eigenvalue weighted by Crippen LogP contribution is -2.46. The molecule has 3 unspecified atom stereocenters. The van der Waals surface area contributed by atoms with Crippen LogP contribution in [0.1, 0.15) is 52.9 Å². The van der Waals surface area contributed by atoms with Gasteiger partial charge in [-0.15, -0.1) is 0 Å². The maximum atomic E-state index is 11.3. The zero-order valence-corrected chi connectivity index (χ0v) is 13.4. The van der Waals surface area contributed by atoms with Crippen molar-refractivity contribution in [3.8, 4) is 0 Å². The van der Waals surface area contributed by atoms with E-state index in [4.69, 9.17) is 0 Å². The highest BCUT2D eigenvalue weighted by Crippen LogP contribution is 2.23. The first-order chi connectivity index (χ1) is 9.14. The molecule has 3 atom stereocenters. The fraction of sp³-hybridized carbons (Fsp3) is 0.933. The molecule has 3 N–H and O–H groups in total. The molecular weight excluding hydrogens is 238 g/mol. The average molecular weight is 271 g/mol. The summed E-state index contributed by atoms with van der Waals surface area (Å²) in [7, 11) is 3.70. The van der Waals surface area contributed by atoms with Crippen LogP contribution in [0.2, 0.25) is 0 Å². The lowest BCUT2D eigenvalue weighted by atomic mass is 9.82. The molecule has 0 radical (unpaired) electrons. The van der Waals surface area contributed by atoms with Gasteiger partial charge in [0.2, 0.25) is 0 Å². The molecule has 0 fully saturated rings. The second-order valence-corrected chi connectivity index (χ2v) is 5.25. The highest BCUT2D eigenvalue weighted by atomic mass is 16.2. The number of hydrogen-bond donors (Lipinski definition) is 3. The second kappa shape index (κ2) is 11.1. The molecule has 0 saturated carbocycles. The van der Waals surface area contributed by atoms with Crippen LogP contribution in [0.4, 0.5) is 4.79 Å². The molecule has 4 heteroatoms. The summed E-state index contributed by atoms with van der Waals surface area (Å²) in [6.45, 7) is 7.45. The first-order valence-corrected chi connectivity index (χ1v) is 7.77. The minimum absolute atomic E-state index is 0.0880. The first-order valence-electron chi connectivity index (χ1n) is 7.77.